The molecule has 1 aromatic heterocycles. The fraction of sp³-hybridized carbons (Fsp3) is 0.375. The SMILES string of the molecule is O=C(c1ccc(NS(=O)(=O)c2cccc3nccnc23)cc1)N1CCC(O)(CCCC(F)F)CC1. The third-order valence-corrected chi connectivity index (χ3v) is 7.59. The molecule has 4 rings (SSSR count). The topological polar surface area (TPSA) is 112 Å². The van der Waals surface area contributed by atoms with Crippen molar-refractivity contribution < 1.29 is 27.1 Å². The minimum atomic E-state index is -3.94. The van der Waals surface area contributed by atoms with Crippen molar-refractivity contribution in [1.82, 2.24) is 14.9 Å². The lowest BCUT2D eigenvalue weighted by molar-refractivity contribution is -0.0269. The minimum Gasteiger partial charge on any atom is -0.390 e. The van der Waals surface area contributed by atoms with Crippen molar-refractivity contribution in [3.63, 3.8) is 0 Å². The number of halogens is 2. The molecule has 0 radical (unpaired) electrons. The number of hydrogen-bond acceptors (Lipinski definition) is 6. The summed E-state index contributed by atoms with van der Waals surface area (Å²) in [7, 11) is -3.94. The molecule has 1 aliphatic rings. The molecule has 2 heterocycles. The van der Waals surface area contributed by atoms with Gasteiger partial charge in [-0.1, -0.05) is 6.07 Å². The molecule has 0 aliphatic carbocycles. The van der Waals surface area contributed by atoms with Crippen LogP contribution in [0, 0.1) is 0 Å². The lowest BCUT2D eigenvalue weighted by Crippen LogP contribution is -2.46. The van der Waals surface area contributed by atoms with Crippen molar-refractivity contribution in [3.8, 4) is 0 Å². The Bertz CT molecular complexity index is 1290. The highest BCUT2D eigenvalue weighted by molar-refractivity contribution is 7.93. The van der Waals surface area contributed by atoms with E-state index in [0.717, 1.165) is 0 Å². The summed E-state index contributed by atoms with van der Waals surface area (Å²) in [5.41, 5.74) is 0.355. The number of carbonyl (C=O) groups excluding carboxylic acids is 1. The molecule has 3 aromatic rings. The number of sulfonamides is 1. The van der Waals surface area contributed by atoms with E-state index in [4.69, 9.17) is 0 Å². The molecule has 11 heteroatoms. The number of nitrogens with one attached hydrogen (secondary N) is 1. The summed E-state index contributed by atoms with van der Waals surface area (Å²) in [4.78, 5) is 22.7. The van der Waals surface area contributed by atoms with Crippen molar-refractivity contribution in [2.45, 2.75) is 49.0 Å². The number of rotatable bonds is 8. The van der Waals surface area contributed by atoms with Crippen molar-refractivity contribution >= 4 is 32.7 Å². The summed E-state index contributed by atoms with van der Waals surface area (Å²) in [6, 6.07) is 10.8. The molecule has 2 N–H and O–H groups in total. The number of aromatic nitrogens is 2. The van der Waals surface area contributed by atoms with E-state index in [2.05, 4.69) is 14.7 Å². The molecule has 1 fully saturated rings. The number of alkyl halides is 2. The number of amides is 1. The largest absolute Gasteiger partial charge is 0.390 e. The molecule has 0 unspecified atom stereocenters. The Morgan fingerprint density at radius 2 is 1.77 bits per heavy atom. The fourth-order valence-electron chi connectivity index (χ4n) is 4.22. The molecule has 35 heavy (non-hydrogen) atoms. The van der Waals surface area contributed by atoms with Gasteiger partial charge in [0.2, 0.25) is 6.43 Å². The number of carbonyl (C=O) groups is 1. The Hall–Kier alpha value is -3.18. The van der Waals surface area contributed by atoms with E-state index in [1.165, 1.54) is 42.7 Å². The van der Waals surface area contributed by atoms with E-state index in [0.29, 0.717) is 37.0 Å². The Balaban J connectivity index is 1.39. The quantitative estimate of drug-likeness (QED) is 0.482. The first-order chi connectivity index (χ1) is 16.7. The van der Waals surface area contributed by atoms with E-state index in [9.17, 15) is 27.1 Å². The maximum atomic E-state index is 12.9. The van der Waals surface area contributed by atoms with Crippen LogP contribution in [0.1, 0.15) is 42.5 Å². The van der Waals surface area contributed by atoms with Gasteiger partial charge < -0.3 is 10.0 Å². The van der Waals surface area contributed by atoms with E-state index in [-0.39, 0.29) is 41.3 Å². The molecule has 2 aromatic carbocycles. The number of hydrogen-bond donors (Lipinski definition) is 2. The molecule has 0 atom stereocenters. The van der Waals surface area contributed by atoms with Crippen molar-refractivity contribution in [2.24, 2.45) is 0 Å². The molecule has 1 aliphatic heterocycles. The van der Waals surface area contributed by atoms with Crippen LogP contribution in [-0.4, -0.2) is 59.4 Å². The van der Waals surface area contributed by atoms with Crippen LogP contribution in [0.25, 0.3) is 11.0 Å². The summed E-state index contributed by atoms with van der Waals surface area (Å²) >= 11 is 0. The first-order valence-corrected chi connectivity index (χ1v) is 12.8. The van der Waals surface area contributed by atoms with Gasteiger partial charge in [0, 0.05) is 43.2 Å². The Labute approximate surface area is 202 Å². The molecular formula is C24H26F2N4O4S. The first kappa shape index (κ1) is 24.9. The van der Waals surface area contributed by atoms with Gasteiger partial charge >= 0.3 is 0 Å². The molecule has 1 saturated heterocycles. The number of anilines is 1. The number of benzene rings is 2. The zero-order valence-electron chi connectivity index (χ0n) is 18.9. The molecule has 0 bridgehead atoms. The number of nitrogens with zero attached hydrogens (tertiary/aromatic N) is 3. The van der Waals surface area contributed by atoms with E-state index in [1.807, 2.05) is 0 Å². The zero-order valence-corrected chi connectivity index (χ0v) is 19.7. The maximum Gasteiger partial charge on any atom is 0.264 e. The van der Waals surface area contributed by atoms with Gasteiger partial charge in [-0.2, -0.15) is 0 Å². The molecule has 1 amide bonds. The van der Waals surface area contributed by atoms with Crippen molar-refractivity contribution in [2.75, 3.05) is 17.8 Å². The number of piperidine rings is 1. The average molecular weight is 505 g/mol. The minimum absolute atomic E-state index is 0.00222. The van der Waals surface area contributed by atoms with Crippen LogP contribution in [0.3, 0.4) is 0 Å². The van der Waals surface area contributed by atoms with E-state index < -0.39 is 22.0 Å². The van der Waals surface area contributed by atoms with Gasteiger partial charge in [-0.3, -0.25) is 19.5 Å². The molecule has 186 valence electrons. The summed E-state index contributed by atoms with van der Waals surface area (Å²) in [6.45, 7) is 0.640. The molecular weight excluding hydrogens is 478 g/mol. The lowest BCUT2D eigenvalue weighted by atomic mass is 9.86. The van der Waals surface area contributed by atoms with Crippen LogP contribution < -0.4 is 4.72 Å². The monoisotopic (exact) mass is 504 g/mol. The first-order valence-electron chi connectivity index (χ1n) is 11.3. The highest BCUT2D eigenvalue weighted by atomic mass is 32.2. The fourth-order valence-corrected chi connectivity index (χ4v) is 5.44. The van der Waals surface area contributed by atoms with Crippen LogP contribution >= 0.6 is 0 Å². The standard InChI is InChI=1S/C24H26F2N4O4S/c25-21(26)5-2-10-24(32)11-15-30(16-12-24)23(31)17-6-8-18(9-7-17)29-35(33,34)20-4-1-3-19-22(20)28-14-13-27-19/h1,3-4,6-9,13-14,21,29,32H,2,5,10-12,15-16H2. The van der Waals surface area contributed by atoms with Crippen LogP contribution in [0.5, 0.6) is 0 Å². The van der Waals surface area contributed by atoms with E-state index in [1.54, 1.807) is 17.0 Å². The van der Waals surface area contributed by atoms with E-state index >= 15 is 0 Å². The van der Waals surface area contributed by atoms with Crippen LogP contribution in [0.2, 0.25) is 0 Å². The van der Waals surface area contributed by atoms with Gasteiger partial charge in [-0.25, -0.2) is 17.2 Å². The van der Waals surface area contributed by atoms with Gasteiger partial charge in [0.15, 0.2) is 0 Å². The Kier molecular flexibility index (Phi) is 7.27. The highest BCUT2D eigenvalue weighted by Crippen LogP contribution is 2.29. The normalized spacial score (nSPS) is 15.9. The summed E-state index contributed by atoms with van der Waals surface area (Å²) in [6.07, 6.45) is 1.47. The molecule has 0 spiro atoms. The van der Waals surface area contributed by atoms with Gasteiger partial charge in [0.1, 0.15) is 10.4 Å². The van der Waals surface area contributed by atoms with Crippen molar-refractivity contribution in [1.29, 1.82) is 0 Å². The lowest BCUT2D eigenvalue weighted by Gasteiger charge is -2.38. The average Bonchev–Trinajstić information content (AvgIpc) is 2.83. The second-order valence-corrected chi connectivity index (χ2v) is 10.3. The number of fused-ring (bicyclic) bond motifs is 1. The summed E-state index contributed by atoms with van der Waals surface area (Å²) in [5.74, 6) is -0.238. The van der Waals surface area contributed by atoms with Gasteiger partial charge in [-0.05, 0) is 62.1 Å². The molecule has 0 saturated carbocycles. The summed E-state index contributed by atoms with van der Waals surface area (Å²) < 4.78 is 53.1. The van der Waals surface area contributed by atoms with Crippen LogP contribution in [0.15, 0.2) is 59.8 Å². The number of para-hydroxylation sites is 1. The van der Waals surface area contributed by atoms with Crippen molar-refractivity contribution in [3.05, 3.63) is 60.4 Å². The number of aliphatic hydroxyl groups is 1. The molecule has 8 nitrogen and oxygen atoms in total. The van der Waals surface area contributed by atoms with Gasteiger partial charge in [0.25, 0.3) is 15.9 Å². The Morgan fingerprint density at radius 1 is 1.09 bits per heavy atom. The zero-order chi connectivity index (χ0) is 25.1. The third-order valence-electron chi connectivity index (χ3n) is 6.18. The summed E-state index contributed by atoms with van der Waals surface area (Å²) in [5, 5.41) is 10.6. The third kappa shape index (κ3) is 5.91. The maximum absolute atomic E-state index is 12.9. The smallest absolute Gasteiger partial charge is 0.264 e. The number of likely N-dealkylation sites (tertiary alicyclic amines) is 1. The predicted molar refractivity (Wildman–Crippen MR) is 127 cm³/mol. The second-order valence-electron chi connectivity index (χ2n) is 8.66. The van der Waals surface area contributed by atoms with Crippen LogP contribution in [0.4, 0.5) is 14.5 Å². The highest BCUT2D eigenvalue weighted by Gasteiger charge is 2.34. The van der Waals surface area contributed by atoms with Crippen LogP contribution in [-0.2, 0) is 10.0 Å². The van der Waals surface area contributed by atoms with Gasteiger partial charge in [-0.15, -0.1) is 0 Å². The second kappa shape index (κ2) is 10.2. The predicted octanol–water partition coefficient (Wildman–Crippen LogP) is 3.83. The Morgan fingerprint density at radius 3 is 2.46 bits per heavy atom. The van der Waals surface area contributed by atoms with Gasteiger partial charge in [0.05, 0.1) is 11.1 Å².